The molecule has 4 heterocycles. The van der Waals surface area contributed by atoms with Crippen LogP contribution in [0.25, 0.3) is 49.6 Å². The fraction of sp³-hybridized carbons (Fsp3) is 0.0556. The van der Waals surface area contributed by atoms with Crippen molar-refractivity contribution in [1.29, 1.82) is 0 Å². The summed E-state index contributed by atoms with van der Waals surface area (Å²) in [6, 6.07) is 41.6. The molecule has 0 saturated heterocycles. The van der Waals surface area contributed by atoms with E-state index in [4.69, 9.17) is 20.3 Å². The Morgan fingerprint density at radius 1 is 0.581 bits per heavy atom. The maximum Gasteiger partial charge on any atom is 2.00 e. The normalized spacial score (nSPS) is 12.1. The van der Waals surface area contributed by atoms with Gasteiger partial charge in [-0.05, 0) is 68.4 Å². The molecule has 1 atom stereocenters. The van der Waals surface area contributed by atoms with Crippen molar-refractivity contribution in [2.24, 2.45) is 0 Å². The van der Waals surface area contributed by atoms with Crippen LogP contribution in [0.5, 0.6) is 0 Å². The van der Waals surface area contributed by atoms with Gasteiger partial charge in [0.15, 0.2) is 0 Å². The van der Waals surface area contributed by atoms with Gasteiger partial charge in [0.05, 0.1) is 11.4 Å². The third-order valence-electron chi connectivity index (χ3n) is 7.98. The zero-order valence-corrected chi connectivity index (χ0v) is 26.5. The van der Waals surface area contributed by atoms with E-state index in [9.17, 15) is 0 Å². The molecule has 210 valence electrons. The molecule has 0 fully saturated rings. The van der Waals surface area contributed by atoms with Gasteiger partial charge in [-0.1, -0.05) is 108 Å². The van der Waals surface area contributed by atoms with Crippen molar-refractivity contribution >= 4 is 54.2 Å². The Kier molecular flexibility index (Phi) is 7.31. The number of hydrogen-bond donors (Lipinski definition) is 0. The third-order valence-corrected chi connectivity index (χ3v) is 8.51. The maximum atomic E-state index is 5.12. The Hall–Kier alpha value is -4.30. The van der Waals surface area contributed by atoms with Crippen molar-refractivity contribution < 1.29 is 21.1 Å². The maximum absolute atomic E-state index is 5.12. The van der Waals surface area contributed by atoms with Crippen molar-refractivity contribution in [3.05, 3.63) is 138 Å². The molecule has 8 rings (SSSR count). The van der Waals surface area contributed by atoms with E-state index in [0.717, 1.165) is 80.2 Å². The number of nitrogens with zero attached hydrogens (tertiary/aromatic N) is 5. The van der Waals surface area contributed by atoms with Gasteiger partial charge in [0.1, 0.15) is 11.6 Å². The number of pyridine rings is 2. The van der Waals surface area contributed by atoms with Crippen LogP contribution in [0, 0.1) is 0 Å². The number of rotatable bonds is 4. The van der Waals surface area contributed by atoms with Crippen LogP contribution in [-0.4, -0.2) is 9.97 Å². The van der Waals surface area contributed by atoms with Crippen LogP contribution < -0.4 is 9.65 Å². The Morgan fingerprint density at radius 3 is 2.02 bits per heavy atom. The fourth-order valence-electron chi connectivity index (χ4n) is 5.89. The topological polar surface area (TPSA) is 57.2 Å². The van der Waals surface area contributed by atoms with Gasteiger partial charge < -0.3 is 10.3 Å². The van der Waals surface area contributed by atoms with Crippen LogP contribution in [0.4, 0.5) is 23.0 Å². The number of hydrogen-bond acceptors (Lipinski definition) is 3. The molecule has 0 spiro atoms. The smallest absolute Gasteiger partial charge is 0.657 e. The van der Waals surface area contributed by atoms with E-state index < -0.39 is 0 Å². The van der Waals surface area contributed by atoms with Crippen LogP contribution in [0.1, 0.15) is 11.1 Å². The average molecular weight is 755 g/mol. The molecular formula is C36H26N5PPt. The van der Waals surface area contributed by atoms with Crippen LogP contribution in [0.15, 0.2) is 121 Å². The molecule has 3 aromatic heterocycles. The van der Waals surface area contributed by atoms with E-state index in [2.05, 4.69) is 94.3 Å². The largest absolute Gasteiger partial charge is 2.00 e. The van der Waals surface area contributed by atoms with Gasteiger partial charge in [0.2, 0.25) is 0 Å². The summed E-state index contributed by atoms with van der Waals surface area (Å²) in [6.07, 6.45) is 1.94. The summed E-state index contributed by atoms with van der Waals surface area (Å²) in [5.74, 6) is 1.56. The molecule has 0 saturated carbocycles. The average Bonchev–Trinajstić information content (AvgIpc) is 3.32. The van der Waals surface area contributed by atoms with Crippen LogP contribution in [0.3, 0.4) is 0 Å². The molecule has 1 unspecified atom stereocenters. The summed E-state index contributed by atoms with van der Waals surface area (Å²) in [5.41, 5.74) is 10.3. The predicted octanol–water partition coefficient (Wildman–Crippen LogP) is 9.44. The molecule has 7 aromatic rings. The van der Waals surface area contributed by atoms with Crippen molar-refractivity contribution in [3.8, 4) is 22.5 Å². The van der Waals surface area contributed by atoms with Gasteiger partial charge in [0.25, 0.3) is 0 Å². The van der Waals surface area contributed by atoms with Gasteiger partial charge in [-0.15, -0.1) is 22.4 Å². The second kappa shape index (κ2) is 11.4. The molecule has 0 N–H and O–H groups in total. The second-order valence-electron chi connectivity index (χ2n) is 10.5. The number of anilines is 2. The monoisotopic (exact) mass is 754 g/mol. The summed E-state index contributed by atoms with van der Waals surface area (Å²) in [7, 11) is 2.79. The molecule has 7 heteroatoms. The van der Waals surface area contributed by atoms with E-state index >= 15 is 0 Å². The summed E-state index contributed by atoms with van der Waals surface area (Å²) in [6.45, 7) is 0. The van der Waals surface area contributed by atoms with Crippen molar-refractivity contribution in [2.45, 2.75) is 12.8 Å². The van der Waals surface area contributed by atoms with Crippen LogP contribution >= 0.6 is 9.39 Å². The van der Waals surface area contributed by atoms with E-state index in [1.54, 1.807) is 0 Å². The van der Waals surface area contributed by atoms with Gasteiger partial charge >= 0.3 is 21.1 Å². The Balaban J connectivity index is 0.00000300. The van der Waals surface area contributed by atoms with Crippen LogP contribution in [0.2, 0.25) is 0 Å². The molecule has 0 amide bonds. The Bertz CT molecular complexity index is 2120. The molecule has 0 radical (unpaired) electrons. The quantitative estimate of drug-likeness (QED) is 0.168. The first kappa shape index (κ1) is 27.5. The number of benzene rings is 4. The first-order valence-electron chi connectivity index (χ1n) is 14.1. The molecule has 0 aliphatic carbocycles. The van der Waals surface area contributed by atoms with Gasteiger partial charge in [-0.25, -0.2) is 9.97 Å². The van der Waals surface area contributed by atoms with E-state index in [1.807, 2.05) is 41.1 Å². The van der Waals surface area contributed by atoms with E-state index in [1.165, 1.54) is 11.1 Å². The fourth-order valence-corrected chi connectivity index (χ4v) is 6.18. The van der Waals surface area contributed by atoms with Gasteiger partial charge in [0, 0.05) is 0 Å². The number of aryl methyl sites for hydroxylation is 2. The molecular weight excluding hydrogens is 728 g/mol. The minimum atomic E-state index is 0. The SMILES string of the molecule is PN(c1cccc(-c2cccc3c2[N-]c2ccccc2CC3)n1)c1cccc(-c2cccc3c2[n-]c2ccccc23)n1.[Pt+2]. The zero-order chi connectivity index (χ0) is 28.0. The molecule has 0 bridgehead atoms. The van der Waals surface area contributed by atoms with Gasteiger partial charge in [-0.3, -0.25) is 4.67 Å². The predicted molar refractivity (Wildman–Crippen MR) is 176 cm³/mol. The van der Waals surface area contributed by atoms with E-state index in [-0.39, 0.29) is 21.1 Å². The van der Waals surface area contributed by atoms with Crippen molar-refractivity contribution in [3.63, 3.8) is 0 Å². The number of fused-ring (bicyclic) bond motifs is 5. The first-order valence-corrected chi connectivity index (χ1v) is 14.6. The number of aromatic nitrogens is 3. The van der Waals surface area contributed by atoms with E-state index in [0.29, 0.717) is 0 Å². The molecule has 5 nitrogen and oxygen atoms in total. The standard InChI is InChI=1S/C36H26N5P.Pt/c42-41(34-20-8-18-32(38-34)28-14-6-12-26-25-11-2-4-16-30(25)40-36(26)28)33-19-7-17-31(37-33)27-13-5-10-24-22-21-23-9-1-3-15-29(23)39-35(24)27;/h1-20H,21-22,42H2;/q-2;+2. The molecule has 4 aromatic carbocycles. The van der Waals surface area contributed by atoms with Gasteiger partial charge in [-0.2, -0.15) is 0 Å². The Morgan fingerprint density at radius 2 is 1.19 bits per heavy atom. The minimum absolute atomic E-state index is 0. The zero-order valence-electron chi connectivity index (χ0n) is 23.1. The number of para-hydroxylation sites is 4. The summed E-state index contributed by atoms with van der Waals surface area (Å²) < 4.78 is 1.95. The second-order valence-corrected chi connectivity index (χ2v) is 11.0. The summed E-state index contributed by atoms with van der Waals surface area (Å²) >= 11 is 0. The third kappa shape index (κ3) is 4.93. The van der Waals surface area contributed by atoms with Crippen molar-refractivity contribution in [1.82, 2.24) is 15.0 Å². The molecule has 1 aliphatic heterocycles. The Labute approximate surface area is 266 Å². The van der Waals surface area contributed by atoms with Crippen molar-refractivity contribution in [2.75, 3.05) is 4.67 Å². The summed E-state index contributed by atoms with van der Waals surface area (Å²) in [5, 5.41) is 7.42. The molecule has 43 heavy (non-hydrogen) atoms. The van der Waals surface area contributed by atoms with Crippen LogP contribution in [-0.2, 0) is 33.9 Å². The summed E-state index contributed by atoms with van der Waals surface area (Å²) in [4.78, 5) is 15.1. The molecule has 1 aliphatic rings. The minimum Gasteiger partial charge on any atom is -0.657 e. The first-order chi connectivity index (χ1) is 20.7.